The number of aromatic nitrogens is 4. The summed E-state index contributed by atoms with van der Waals surface area (Å²) in [6.45, 7) is 0.367. The molecule has 6 nitrogen and oxygen atoms in total. The van der Waals surface area contributed by atoms with Crippen molar-refractivity contribution in [2.24, 2.45) is 0 Å². The van der Waals surface area contributed by atoms with Crippen LogP contribution in [-0.4, -0.2) is 25.8 Å². The Balaban J connectivity index is 1.59. The molecule has 0 unspecified atom stereocenters. The molecule has 0 aliphatic heterocycles. The Bertz CT molecular complexity index is 1370. The molecule has 146 valence electrons. The van der Waals surface area contributed by atoms with Crippen LogP contribution in [0.2, 0.25) is 0 Å². The fourth-order valence-electron chi connectivity index (χ4n) is 3.15. The van der Waals surface area contributed by atoms with Crippen LogP contribution in [0.4, 0.5) is 5.13 Å². The molecule has 0 saturated heterocycles. The number of thiazole rings is 1. The Morgan fingerprint density at radius 2 is 1.80 bits per heavy atom. The van der Waals surface area contributed by atoms with Gasteiger partial charge in [-0.3, -0.25) is 24.6 Å². The molecule has 30 heavy (non-hydrogen) atoms. The van der Waals surface area contributed by atoms with E-state index in [0.717, 1.165) is 25.8 Å². The van der Waals surface area contributed by atoms with Gasteiger partial charge < -0.3 is 0 Å². The lowest BCUT2D eigenvalue weighted by atomic mass is 10.1. The molecule has 2 aromatic carbocycles. The van der Waals surface area contributed by atoms with Crippen LogP contribution < -0.4 is 4.90 Å². The average molecular weight is 476 g/mol. The van der Waals surface area contributed by atoms with Gasteiger partial charge in [-0.2, -0.15) is 0 Å². The molecule has 0 aliphatic carbocycles. The van der Waals surface area contributed by atoms with Crippen LogP contribution in [0.5, 0.6) is 0 Å². The van der Waals surface area contributed by atoms with E-state index in [4.69, 9.17) is 4.98 Å². The minimum atomic E-state index is -0.149. The molecule has 3 aromatic heterocycles. The molecule has 0 aliphatic rings. The minimum Gasteiger partial charge on any atom is -0.279 e. The van der Waals surface area contributed by atoms with Crippen molar-refractivity contribution in [2.75, 3.05) is 4.90 Å². The smallest absolute Gasteiger partial charge is 0.260 e. The zero-order valence-corrected chi connectivity index (χ0v) is 18.0. The van der Waals surface area contributed by atoms with E-state index in [9.17, 15) is 4.79 Å². The molecule has 0 saturated carbocycles. The Morgan fingerprint density at radius 3 is 2.63 bits per heavy atom. The van der Waals surface area contributed by atoms with E-state index in [0.29, 0.717) is 22.8 Å². The standard InChI is InChI=1S/C22H14BrN5OS/c23-16-4-6-18-20(11-16)30-22(27-18)28(13-14-2-1-7-24-12-14)21(29)15-3-5-17-19(10-15)26-9-8-25-17/h1-12H,13H2. The Hall–Kier alpha value is -3.23. The first-order valence-corrected chi connectivity index (χ1v) is 10.8. The van der Waals surface area contributed by atoms with Crippen LogP contribution in [0.3, 0.4) is 0 Å². The van der Waals surface area contributed by atoms with Crippen LogP contribution >= 0.6 is 27.3 Å². The number of benzene rings is 2. The minimum absolute atomic E-state index is 0.149. The maximum atomic E-state index is 13.6. The average Bonchev–Trinajstić information content (AvgIpc) is 3.20. The number of hydrogen-bond acceptors (Lipinski definition) is 6. The molecule has 1 amide bonds. The normalized spacial score (nSPS) is 11.1. The number of carbonyl (C=O) groups excluding carboxylic acids is 1. The molecular weight excluding hydrogens is 462 g/mol. The first-order valence-electron chi connectivity index (χ1n) is 9.15. The quantitative estimate of drug-likeness (QED) is 0.355. The van der Waals surface area contributed by atoms with Gasteiger partial charge in [0.2, 0.25) is 0 Å². The summed E-state index contributed by atoms with van der Waals surface area (Å²) in [5, 5.41) is 0.635. The number of rotatable bonds is 4. The van der Waals surface area contributed by atoms with Gasteiger partial charge in [0.15, 0.2) is 5.13 Å². The summed E-state index contributed by atoms with van der Waals surface area (Å²) >= 11 is 4.98. The molecule has 0 spiro atoms. The second-order valence-electron chi connectivity index (χ2n) is 6.62. The van der Waals surface area contributed by atoms with Crippen LogP contribution in [0.25, 0.3) is 21.3 Å². The van der Waals surface area contributed by atoms with Gasteiger partial charge in [0.25, 0.3) is 5.91 Å². The summed E-state index contributed by atoms with van der Waals surface area (Å²) in [6.07, 6.45) is 6.73. The number of anilines is 1. The van der Waals surface area contributed by atoms with E-state index in [1.54, 1.807) is 41.8 Å². The molecule has 5 rings (SSSR count). The number of hydrogen-bond donors (Lipinski definition) is 0. The van der Waals surface area contributed by atoms with Crippen LogP contribution in [0.15, 0.2) is 77.8 Å². The summed E-state index contributed by atoms with van der Waals surface area (Å²) in [4.78, 5) is 32.7. The van der Waals surface area contributed by atoms with Gasteiger partial charge in [0.1, 0.15) is 0 Å². The van der Waals surface area contributed by atoms with E-state index >= 15 is 0 Å². The fourth-order valence-corrected chi connectivity index (χ4v) is 4.67. The molecule has 8 heteroatoms. The maximum absolute atomic E-state index is 13.6. The molecule has 0 N–H and O–H groups in total. The molecule has 0 fully saturated rings. The topological polar surface area (TPSA) is 71.9 Å². The van der Waals surface area contributed by atoms with Gasteiger partial charge in [-0.15, -0.1) is 0 Å². The molecule has 3 heterocycles. The lowest BCUT2D eigenvalue weighted by Crippen LogP contribution is -2.30. The predicted molar refractivity (Wildman–Crippen MR) is 122 cm³/mol. The highest BCUT2D eigenvalue weighted by molar-refractivity contribution is 9.10. The van der Waals surface area contributed by atoms with Gasteiger partial charge in [-0.1, -0.05) is 33.3 Å². The monoisotopic (exact) mass is 475 g/mol. The predicted octanol–water partition coefficient (Wildman–Crippen LogP) is 5.24. The maximum Gasteiger partial charge on any atom is 0.260 e. The lowest BCUT2D eigenvalue weighted by molar-refractivity contribution is 0.0985. The summed E-state index contributed by atoms with van der Waals surface area (Å²) < 4.78 is 1.98. The number of fused-ring (bicyclic) bond motifs is 2. The third-order valence-electron chi connectivity index (χ3n) is 4.60. The van der Waals surface area contributed by atoms with E-state index in [2.05, 4.69) is 30.9 Å². The number of nitrogens with zero attached hydrogens (tertiary/aromatic N) is 5. The SMILES string of the molecule is O=C(c1ccc2nccnc2c1)N(Cc1cccnc1)c1nc2ccc(Br)cc2s1. The van der Waals surface area contributed by atoms with Crippen molar-refractivity contribution in [3.05, 3.63) is 88.9 Å². The zero-order valence-electron chi connectivity index (χ0n) is 15.6. The zero-order chi connectivity index (χ0) is 20.5. The largest absolute Gasteiger partial charge is 0.279 e. The third kappa shape index (κ3) is 3.67. The van der Waals surface area contributed by atoms with Crippen molar-refractivity contribution in [2.45, 2.75) is 6.54 Å². The van der Waals surface area contributed by atoms with E-state index in [1.807, 2.05) is 36.4 Å². The highest BCUT2D eigenvalue weighted by atomic mass is 79.9. The van der Waals surface area contributed by atoms with Crippen LogP contribution in [0, 0.1) is 0 Å². The van der Waals surface area contributed by atoms with Gasteiger partial charge in [0, 0.05) is 34.8 Å². The second-order valence-corrected chi connectivity index (χ2v) is 8.55. The fraction of sp³-hybridized carbons (Fsp3) is 0.0455. The van der Waals surface area contributed by atoms with Crippen LogP contribution in [-0.2, 0) is 6.54 Å². The van der Waals surface area contributed by atoms with E-state index in [-0.39, 0.29) is 5.91 Å². The van der Waals surface area contributed by atoms with Gasteiger partial charge >= 0.3 is 0 Å². The number of amides is 1. The number of carbonyl (C=O) groups is 1. The van der Waals surface area contributed by atoms with Crippen molar-refractivity contribution in [3.63, 3.8) is 0 Å². The van der Waals surface area contributed by atoms with Crippen molar-refractivity contribution >= 4 is 59.6 Å². The van der Waals surface area contributed by atoms with Gasteiger partial charge in [-0.05, 0) is 48.0 Å². The molecular formula is C22H14BrN5OS. The molecule has 0 atom stereocenters. The Labute approximate surface area is 184 Å². The molecule has 0 radical (unpaired) electrons. The molecule has 5 aromatic rings. The van der Waals surface area contributed by atoms with E-state index < -0.39 is 0 Å². The summed E-state index contributed by atoms with van der Waals surface area (Å²) in [6, 6.07) is 15.1. The molecule has 0 bridgehead atoms. The van der Waals surface area contributed by atoms with Gasteiger partial charge in [0.05, 0.1) is 27.8 Å². The second kappa shape index (κ2) is 7.89. The van der Waals surface area contributed by atoms with Crippen molar-refractivity contribution in [3.8, 4) is 0 Å². The van der Waals surface area contributed by atoms with Crippen molar-refractivity contribution in [1.29, 1.82) is 0 Å². The first-order chi connectivity index (χ1) is 14.7. The number of pyridine rings is 1. The van der Waals surface area contributed by atoms with Crippen molar-refractivity contribution < 1.29 is 4.79 Å². The summed E-state index contributed by atoms with van der Waals surface area (Å²) in [5.41, 5.74) is 3.74. The highest BCUT2D eigenvalue weighted by Gasteiger charge is 2.22. The van der Waals surface area contributed by atoms with Crippen LogP contribution in [0.1, 0.15) is 15.9 Å². The Morgan fingerprint density at radius 1 is 0.967 bits per heavy atom. The lowest BCUT2D eigenvalue weighted by Gasteiger charge is -2.20. The summed E-state index contributed by atoms with van der Waals surface area (Å²) in [7, 11) is 0. The Kier molecular flexibility index (Phi) is 4.94. The summed E-state index contributed by atoms with van der Waals surface area (Å²) in [5.74, 6) is -0.149. The number of halogens is 1. The third-order valence-corrected chi connectivity index (χ3v) is 6.13. The van der Waals surface area contributed by atoms with Crippen molar-refractivity contribution in [1.82, 2.24) is 19.9 Å². The first kappa shape index (κ1) is 18.8. The highest BCUT2D eigenvalue weighted by Crippen LogP contribution is 2.32. The van der Waals surface area contributed by atoms with Gasteiger partial charge in [-0.25, -0.2) is 4.98 Å². The van der Waals surface area contributed by atoms with E-state index in [1.165, 1.54) is 11.3 Å².